The maximum Gasteiger partial charge on any atom is 0.418 e. The molecule has 0 saturated carbocycles. The number of benzene rings is 5. The summed E-state index contributed by atoms with van der Waals surface area (Å²) in [5.41, 5.74) is -0.197. The first-order chi connectivity index (χ1) is 28.3. The quantitative estimate of drug-likeness (QED) is 0.0301. The van der Waals surface area contributed by atoms with E-state index in [1.165, 1.54) is 42.5 Å². The molecule has 9 nitrogen and oxygen atoms in total. The summed E-state index contributed by atoms with van der Waals surface area (Å²) in [5.74, 6) is -5.94. The summed E-state index contributed by atoms with van der Waals surface area (Å²) < 4.78 is 92.1. The molecule has 0 atom stereocenters. The number of phenols is 3. The van der Waals surface area contributed by atoms with Gasteiger partial charge in [-0.15, -0.1) is 0 Å². The van der Waals surface area contributed by atoms with Gasteiger partial charge < -0.3 is 47.2 Å². The minimum absolute atomic E-state index is 0.0434. The van der Waals surface area contributed by atoms with Gasteiger partial charge in [-0.25, -0.2) is 13.2 Å². The van der Waals surface area contributed by atoms with E-state index in [4.69, 9.17) is 36.7 Å². The van der Waals surface area contributed by atoms with Gasteiger partial charge in [-0.3, -0.25) is 0 Å². The third-order valence-electron chi connectivity index (χ3n) is 7.45. The largest absolute Gasteiger partial charge is 0.503 e. The highest BCUT2D eigenvalue weighted by atomic mass is 79.9. The summed E-state index contributed by atoms with van der Waals surface area (Å²) in [7, 11) is 0. The molecular formula is C39H35Br2F7N6O3S3. The number of aromatic hydroxyl groups is 3. The molecule has 320 valence electrons. The van der Waals surface area contributed by atoms with E-state index in [1.54, 1.807) is 0 Å². The Morgan fingerprint density at radius 2 is 1.07 bits per heavy atom. The molecule has 60 heavy (non-hydrogen) atoms. The van der Waals surface area contributed by atoms with Crippen LogP contribution >= 0.6 is 68.5 Å². The number of nitrogens with one attached hydrogen (secondary N) is 6. The summed E-state index contributed by atoms with van der Waals surface area (Å²) in [6.07, 6.45) is -1.39. The Hall–Kier alpha value is -4.96. The van der Waals surface area contributed by atoms with Crippen molar-refractivity contribution in [3.05, 3.63) is 129 Å². The molecule has 0 aliphatic rings. The Labute approximate surface area is 373 Å². The molecule has 0 fully saturated rings. The third kappa shape index (κ3) is 15.9. The summed E-state index contributed by atoms with van der Waals surface area (Å²) in [6, 6.07) is 21.3. The number of para-hydroxylation sites is 2. The second kappa shape index (κ2) is 23.7. The average molecular weight is 1020 g/mol. The molecule has 0 bridgehead atoms. The molecule has 0 spiro atoms. The maximum atomic E-state index is 13.4. The molecule has 5 aromatic carbocycles. The first-order valence-electron chi connectivity index (χ1n) is 17.3. The number of halogens is 9. The topological polar surface area (TPSA) is 133 Å². The number of hydrogen-bond donors (Lipinski definition) is 9. The van der Waals surface area contributed by atoms with Gasteiger partial charge in [0, 0.05) is 21.2 Å². The summed E-state index contributed by atoms with van der Waals surface area (Å²) >= 11 is 21.2. The van der Waals surface area contributed by atoms with E-state index < -0.39 is 52.3 Å². The van der Waals surface area contributed by atoms with Gasteiger partial charge in [-0.1, -0.05) is 82.0 Å². The fourth-order valence-corrected chi connectivity index (χ4v) is 6.15. The SMILES string of the molecule is CCCCCNC(=S)Nc1ccc(F)c(F)c1O.Oc1c(F)cc(Br)cc1NC(=S)Nc1ccccc1.Oc1c(F)cc(Br)cc1NC(=S)Nc1ccccc1C(F)(F)F. The first-order valence-corrected chi connectivity index (χ1v) is 20.1. The maximum absolute atomic E-state index is 13.4. The van der Waals surface area contributed by atoms with Crippen molar-refractivity contribution >= 4 is 112 Å². The normalized spacial score (nSPS) is 10.5. The summed E-state index contributed by atoms with van der Waals surface area (Å²) in [6.45, 7) is 2.79. The number of anilines is 5. The molecule has 5 aromatic rings. The van der Waals surface area contributed by atoms with Gasteiger partial charge in [0.1, 0.15) is 0 Å². The van der Waals surface area contributed by atoms with Crippen LogP contribution in [-0.4, -0.2) is 37.2 Å². The van der Waals surface area contributed by atoms with Crippen molar-refractivity contribution in [2.24, 2.45) is 0 Å². The summed E-state index contributed by atoms with van der Waals surface area (Å²) in [4.78, 5) is 0. The smallest absolute Gasteiger partial charge is 0.418 e. The Kier molecular flexibility index (Phi) is 19.5. The van der Waals surface area contributed by atoms with E-state index in [9.17, 15) is 46.1 Å². The molecule has 0 radical (unpaired) electrons. The van der Waals surface area contributed by atoms with Gasteiger partial charge in [-0.05, 0) is 104 Å². The Morgan fingerprint density at radius 1 is 0.567 bits per heavy atom. The van der Waals surface area contributed by atoms with E-state index in [0.717, 1.165) is 43.1 Å². The van der Waals surface area contributed by atoms with E-state index in [1.807, 2.05) is 30.3 Å². The van der Waals surface area contributed by atoms with Crippen molar-refractivity contribution < 1.29 is 46.1 Å². The lowest BCUT2D eigenvalue weighted by molar-refractivity contribution is -0.136. The molecule has 0 aromatic heterocycles. The first kappa shape index (κ1) is 49.4. The second-order valence-electron chi connectivity index (χ2n) is 12.0. The fourth-order valence-electron chi connectivity index (χ4n) is 4.63. The standard InChI is InChI=1S/C14H9BrF4N2OS.C13H10BrFN2OS.C12H16F2N2OS/c15-7-5-9(16)12(22)11(6-7)21-13(23)20-10-4-2-1-3-8(10)14(17,18)19;14-8-6-10(15)12(18)11(7-8)17-13(19)16-9-4-2-1-3-5-9;1-2-3-4-7-15-12(18)16-9-6-5-8(13)10(14)11(9)17/h1-6,22H,(H2,20,21,23);1-7,18H,(H2,16,17,19);5-6,17H,2-4,7H2,1H3,(H2,15,16,18). The molecule has 0 amide bonds. The predicted octanol–water partition coefficient (Wildman–Crippen LogP) is 12.4. The molecule has 5 rings (SSSR count). The van der Waals surface area contributed by atoms with Gasteiger partial charge in [0.2, 0.25) is 5.82 Å². The molecule has 0 saturated heterocycles. The van der Waals surface area contributed by atoms with Crippen LogP contribution in [0.4, 0.5) is 59.2 Å². The zero-order chi connectivity index (χ0) is 44.6. The van der Waals surface area contributed by atoms with Crippen LogP contribution in [0.3, 0.4) is 0 Å². The number of unbranched alkanes of at least 4 members (excludes halogenated alkanes) is 2. The molecular weight excluding hydrogens is 989 g/mol. The fraction of sp³-hybridized carbons (Fsp3) is 0.154. The average Bonchev–Trinajstić information content (AvgIpc) is 3.18. The molecule has 0 unspecified atom stereocenters. The lowest BCUT2D eigenvalue weighted by Gasteiger charge is -2.16. The minimum Gasteiger partial charge on any atom is -0.503 e. The van der Waals surface area contributed by atoms with E-state index in [-0.39, 0.29) is 38.1 Å². The van der Waals surface area contributed by atoms with Crippen LogP contribution in [0.2, 0.25) is 0 Å². The van der Waals surface area contributed by atoms with E-state index in [2.05, 4.69) is 70.7 Å². The number of thiocarbonyl (C=S) groups is 3. The second-order valence-corrected chi connectivity index (χ2v) is 15.0. The number of phenolic OH excluding ortho intramolecular Hbond substituents is 3. The highest BCUT2D eigenvalue weighted by Gasteiger charge is 2.33. The van der Waals surface area contributed by atoms with Crippen molar-refractivity contribution in [3.8, 4) is 17.2 Å². The van der Waals surface area contributed by atoms with Crippen molar-refractivity contribution in [1.82, 2.24) is 5.32 Å². The highest BCUT2D eigenvalue weighted by molar-refractivity contribution is 9.10. The van der Waals surface area contributed by atoms with Crippen LogP contribution in [0.25, 0.3) is 0 Å². The van der Waals surface area contributed by atoms with Gasteiger partial charge in [0.05, 0.1) is 28.3 Å². The van der Waals surface area contributed by atoms with Crippen LogP contribution in [0.15, 0.2) is 99.9 Å². The lowest BCUT2D eigenvalue weighted by Crippen LogP contribution is -2.29. The van der Waals surface area contributed by atoms with E-state index >= 15 is 0 Å². The Morgan fingerprint density at radius 3 is 1.62 bits per heavy atom. The zero-order valence-electron chi connectivity index (χ0n) is 31.0. The van der Waals surface area contributed by atoms with Crippen molar-refractivity contribution in [2.75, 3.05) is 33.1 Å². The van der Waals surface area contributed by atoms with Crippen LogP contribution in [-0.2, 0) is 6.18 Å². The Bertz CT molecular complexity index is 2280. The molecule has 0 aliphatic heterocycles. The third-order valence-corrected chi connectivity index (χ3v) is 9.02. The van der Waals surface area contributed by atoms with Gasteiger partial charge >= 0.3 is 6.18 Å². The molecule has 0 aliphatic carbocycles. The molecule has 9 N–H and O–H groups in total. The number of hydrogen-bond acceptors (Lipinski definition) is 6. The van der Waals surface area contributed by atoms with Crippen molar-refractivity contribution in [1.29, 1.82) is 0 Å². The highest BCUT2D eigenvalue weighted by Crippen LogP contribution is 2.36. The summed E-state index contributed by atoms with van der Waals surface area (Å²) in [5, 5.41) is 44.9. The molecule has 0 heterocycles. The van der Waals surface area contributed by atoms with Crippen LogP contribution in [0.1, 0.15) is 31.7 Å². The van der Waals surface area contributed by atoms with Crippen molar-refractivity contribution in [2.45, 2.75) is 32.4 Å². The van der Waals surface area contributed by atoms with Gasteiger partial charge in [0.25, 0.3) is 0 Å². The van der Waals surface area contributed by atoms with Crippen LogP contribution in [0, 0.1) is 23.3 Å². The predicted molar refractivity (Wildman–Crippen MR) is 241 cm³/mol. The van der Waals surface area contributed by atoms with Crippen molar-refractivity contribution in [3.63, 3.8) is 0 Å². The zero-order valence-corrected chi connectivity index (χ0v) is 36.6. The van der Waals surface area contributed by atoms with Gasteiger partial charge in [0.15, 0.2) is 50.0 Å². The minimum atomic E-state index is -4.55. The lowest BCUT2D eigenvalue weighted by atomic mass is 10.1. The number of alkyl halides is 3. The Balaban J connectivity index is 0.000000243. The monoisotopic (exact) mass is 1020 g/mol. The molecule has 21 heteroatoms. The van der Waals surface area contributed by atoms with E-state index in [0.29, 0.717) is 15.5 Å². The number of rotatable bonds is 9. The van der Waals surface area contributed by atoms with Crippen LogP contribution in [0.5, 0.6) is 17.2 Å². The van der Waals surface area contributed by atoms with Gasteiger partial charge in [-0.2, -0.15) is 17.6 Å². The van der Waals surface area contributed by atoms with Crippen LogP contribution < -0.4 is 31.9 Å².